The monoisotopic (exact) mass is 386 g/mol. The van der Waals surface area contributed by atoms with Crippen LogP contribution in [0.5, 0.6) is 0 Å². The van der Waals surface area contributed by atoms with E-state index in [4.69, 9.17) is 10.2 Å². The fourth-order valence-corrected chi connectivity index (χ4v) is 2.18. The number of carboxylic acids is 2. The second kappa shape index (κ2) is 9.83. The van der Waals surface area contributed by atoms with Crippen molar-refractivity contribution in [3.8, 4) is 0 Å². The van der Waals surface area contributed by atoms with Crippen molar-refractivity contribution in [3.63, 3.8) is 0 Å². The maximum absolute atomic E-state index is 11.8. The van der Waals surface area contributed by atoms with Gasteiger partial charge in [-0.2, -0.15) is 0 Å². The predicted molar refractivity (Wildman–Crippen MR) is 88.4 cm³/mol. The number of hydrogen-bond donors (Lipinski definition) is 4. The summed E-state index contributed by atoms with van der Waals surface area (Å²) < 4.78 is 0.869. The van der Waals surface area contributed by atoms with Crippen molar-refractivity contribution in [2.45, 2.75) is 38.1 Å². The van der Waals surface area contributed by atoms with Crippen LogP contribution in [-0.4, -0.2) is 34.2 Å². The third-order valence-electron chi connectivity index (χ3n) is 3.09. The van der Waals surface area contributed by atoms with Crippen molar-refractivity contribution in [2.75, 3.05) is 5.32 Å². The van der Waals surface area contributed by atoms with E-state index < -0.39 is 24.0 Å². The number of aliphatic carboxylic acids is 2. The van der Waals surface area contributed by atoms with Gasteiger partial charge in [-0.1, -0.05) is 28.8 Å². The summed E-state index contributed by atoms with van der Waals surface area (Å²) in [6.07, 6.45) is 1.94. The SMILES string of the molecule is O=C(O)CCCCCC(NC(=O)Nc1ccc(Br)cc1)C(=O)O. The van der Waals surface area contributed by atoms with Crippen LogP contribution in [0.3, 0.4) is 0 Å². The second-order valence-corrected chi connectivity index (χ2v) is 5.90. The first-order valence-corrected chi connectivity index (χ1v) is 7.95. The van der Waals surface area contributed by atoms with E-state index in [0.29, 0.717) is 24.9 Å². The fourth-order valence-electron chi connectivity index (χ4n) is 1.92. The quantitative estimate of drug-likeness (QED) is 0.486. The molecule has 0 aliphatic carbocycles. The standard InChI is InChI=1S/C15H19BrN2O5/c16-10-6-8-11(9-7-10)17-15(23)18-12(14(21)22)4-2-1-3-5-13(19)20/h6-9,12H,1-5H2,(H,19,20)(H,21,22)(H2,17,18,23). The van der Waals surface area contributed by atoms with Crippen LogP contribution in [0.1, 0.15) is 32.1 Å². The van der Waals surface area contributed by atoms with Crippen LogP contribution >= 0.6 is 15.9 Å². The third kappa shape index (κ3) is 8.20. The lowest BCUT2D eigenvalue weighted by Crippen LogP contribution is -2.42. The highest BCUT2D eigenvalue weighted by atomic mass is 79.9. The third-order valence-corrected chi connectivity index (χ3v) is 3.62. The van der Waals surface area contributed by atoms with E-state index in [1.165, 1.54) is 0 Å². The molecule has 0 bridgehead atoms. The smallest absolute Gasteiger partial charge is 0.326 e. The molecule has 1 atom stereocenters. The van der Waals surface area contributed by atoms with Crippen LogP contribution in [0.15, 0.2) is 28.7 Å². The van der Waals surface area contributed by atoms with Crippen LogP contribution in [-0.2, 0) is 9.59 Å². The molecule has 0 aliphatic rings. The first-order valence-electron chi connectivity index (χ1n) is 7.16. The number of amides is 2. The van der Waals surface area contributed by atoms with Crippen LogP contribution in [0.2, 0.25) is 0 Å². The van der Waals surface area contributed by atoms with Crippen LogP contribution in [0.4, 0.5) is 10.5 Å². The summed E-state index contributed by atoms with van der Waals surface area (Å²) in [6.45, 7) is 0. The summed E-state index contributed by atoms with van der Waals surface area (Å²) >= 11 is 3.28. The molecule has 2 amide bonds. The molecule has 1 aromatic rings. The summed E-state index contributed by atoms with van der Waals surface area (Å²) in [4.78, 5) is 33.4. The van der Waals surface area contributed by atoms with Crippen LogP contribution in [0, 0.1) is 0 Å². The van der Waals surface area contributed by atoms with Gasteiger partial charge in [0.1, 0.15) is 6.04 Å². The minimum absolute atomic E-state index is 0.0647. The molecule has 8 heteroatoms. The summed E-state index contributed by atoms with van der Waals surface area (Å²) in [6, 6.07) is 5.29. The molecule has 4 N–H and O–H groups in total. The highest BCUT2D eigenvalue weighted by Crippen LogP contribution is 2.14. The van der Waals surface area contributed by atoms with Gasteiger partial charge in [0.25, 0.3) is 0 Å². The molecule has 0 fully saturated rings. The zero-order chi connectivity index (χ0) is 17.2. The van der Waals surface area contributed by atoms with Crippen molar-refractivity contribution in [3.05, 3.63) is 28.7 Å². The van der Waals surface area contributed by atoms with Gasteiger partial charge < -0.3 is 20.8 Å². The lowest BCUT2D eigenvalue weighted by Gasteiger charge is -2.15. The normalized spacial score (nSPS) is 11.5. The van der Waals surface area contributed by atoms with Gasteiger partial charge in [-0.3, -0.25) is 4.79 Å². The van der Waals surface area contributed by atoms with E-state index in [2.05, 4.69) is 26.6 Å². The fraction of sp³-hybridized carbons (Fsp3) is 0.400. The number of hydrogen-bond acceptors (Lipinski definition) is 3. The van der Waals surface area contributed by atoms with Crippen molar-refractivity contribution in [1.29, 1.82) is 0 Å². The van der Waals surface area contributed by atoms with Gasteiger partial charge in [-0.15, -0.1) is 0 Å². The van der Waals surface area contributed by atoms with E-state index in [-0.39, 0.29) is 12.8 Å². The number of carbonyl (C=O) groups excluding carboxylic acids is 1. The zero-order valence-corrected chi connectivity index (χ0v) is 14.0. The molecule has 0 radical (unpaired) electrons. The number of carboxylic acid groups (broad SMARTS) is 2. The summed E-state index contributed by atoms with van der Waals surface area (Å²) in [5.41, 5.74) is 0.552. The maximum atomic E-state index is 11.8. The Morgan fingerprint density at radius 1 is 1.04 bits per heavy atom. The molecule has 0 saturated heterocycles. The highest BCUT2D eigenvalue weighted by Gasteiger charge is 2.19. The Hall–Kier alpha value is -2.09. The molecule has 1 rings (SSSR count). The highest BCUT2D eigenvalue weighted by molar-refractivity contribution is 9.10. The van der Waals surface area contributed by atoms with Gasteiger partial charge in [-0.25, -0.2) is 9.59 Å². The molecule has 0 aliphatic heterocycles. The van der Waals surface area contributed by atoms with E-state index in [9.17, 15) is 14.4 Å². The van der Waals surface area contributed by atoms with Crippen molar-refractivity contribution >= 4 is 39.6 Å². The maximum Gasteiger partial charge on any atom is 0.326 e. The molecule has 1 unspecified atom stereocenters. The molecular formula is C15H19BrN2O5. The molecular weight excluding hydrogens is 368 g/mol. The second-order valence-electron chi connectivity index (χ2n) is 4.99. The average molecular weight is 387 g/mol. The molecule has 23 heavy (non-hydrogen) atoms. The number of urea groups is 1. The Morgan fingerprint density at radius 3 is 2.26 bits per heavy atom. The summed E-state index contributed by atoms with van der Waals surface area (Å²) in [5, 5.41) is 22.6. The van der Waals surface area contributed by atoms with Gasteiger partial charge in [0.15, 0.2) is 0 Å². The van der Waals surface area contributed by atoms with Crippen molar-refractivity contribution in [2.24, 2.45) is 0 Å². The average Bonchev–Trinajstić information content (AvgIpc) is 2.47. The molecule has 0 spiro atoms. The lowest BCUT2D eigenvalue weighted by molar-refractivity contribution is -0.139. The van der Waals surface area contributed by atoms with Crippen molar-refractivity contribution < 1.29 is 24.6 Å². The topological polar surface area (TPSA) is 116 Å². The molecule has 126 valence electrons. The van der Waals surface area contributed by atoms with Gasteiger partial charge in [-0.05, 0) is 37.1 Å². The van der Waals surface area contributed by atoms with Gasteiger partial charge in [0.2, 0.25) is 0 Å². The summed E-state index contributed by atoms with van der Waals surface area (Å²) in [5.74, 6) is -1.99. The number of benzene rings is 1. The van der Waals surface area contributed by atoms with E-state index in [0.717, 1.165) is 4.47 Å². The molecule has 0 saturated carbocycles. The lowest BCUT2D eigenvalue weighted by atomic mass is 10.1. The molecule has 0 aromatic heterocycles. The molecule has 1 aromatic carbocycles. The van der Waals surface area contributed by atoms with Gasteiger partial charge >= 0.3 is 18.0 Å². The number of halogens is 1. The Bertz CT molecular complexity index is 547. The Morgan fingerprint density at radius 2 is 1.70 bits per heavy atom. The van der Waals surface area contributed by atoms with Crippen molar-refractivity contribution in [1.82, 2.24) is 5.32 Å². The van der Waals surface area contributed by atoms with Crippen LogP contribution < -0.4 is 10.6 Å². The number of unbranched alkanes of at least 4 members (excludes halogenated alkanes) is 2. The van der Waals surface area contributed by atoms with E-state index in [1.54, 1.807) is 24.3 Å². The number of carbonyl (C=O) groups is 3. The van der Waals surface area contributed by atoms with Gasteiger partial charge in [0.05, 0.1) is 0 Å². The molecule has 0 heterocycles. The Kier molecular flexibility index (Phi) is 8.10. The molecule has 7 nitrogen and oxygen atoms in total. The van der Waals surface area contributed by atoms with Crippen LogP contribution in [0.25, 0.3) is 0 Å². The largest absolute Gasteiger partial charge is 0.481 e. The van der Waals surface area contributed by atoms with E-state index in [1.807, 2.05) is 0 Å². The number of nitrogens with one attached hydrogen (secondary N) is 2. The van der Waals surface area contributed by atoms with Gasteiger partial charge in [0, 0.05) is 16.6 Å². The Balaban J connectivity index is 2.39. The number of rotatable bonds is 9. The minimum Gasteiger partial charge on any atom is -0.481 e. The predicted octanol–water partition coefficient (Wildman–Crippen LogP) is 3.06. The zero-order valence-electron chi connectivity index (χ0n) is 12.4. The van der Waals surface area contributed by atoms with E-state index >= 15 is 0 Å². The summed E-state index contributed by atoms with van der Waals surface area (Å²) in [7, 11) is 0. The Labute approximate surface area is 142 Å². The first-order chi connectivity index (χ1) is 10.9. The number of anilines is 1. The minimum atomic E-state index is -1.12. The first kappa shape index (κ1) is 19.0.